The van der Waals surface area contributed by atoms with Crippen molar-refractivity contribution >= 4 is 52.5 Å². The molecule has 2 N–H and O–H groups in total. The average molecular weight is 551 g/mol. The van der Waals surface area contributed by atoms with Crippen molar-refractivity contribution in [3.05, 3.63) is 36.8 Å². The minimum absolute atomic E-state index is 0. The first-order chi connectivity index (χ1) is 15.2. The molecule has 3 heterocycles. The number of hydrogen-bond donors (Lipinski definition) is 2. The SMILES string of the molecule is CN=C(NCCNc1ncnc2c1cnn2C)N1CCN(c2cccc(OC)c2)CC1.I. The van der Waals surface area contributed by atoms with Crippen LogP contribution in [-0.4, -0.2) is 84.0 Å². The molecule has 0 aliphatic carbocycles. The number of aliphatic imine (C=N–C) groups is 1. The molecule has 0 radical (unpaired) electrons. The van der Waals surface area contributed by atoms with E-state index in [-0.39, 0.29) is 24.0 Å². The van der Waals surface area contributed by atoms with Crippen LogP contribution < -0.4 is 20.3 Å². The monoisotopic (exact) mass is 551 g/mol. The molecule has 0 saturated carbocycles. The van der Waals surface area contributed by atoms with Gasteiger partial charge in [0.2, 0.25) is 0 Å². The molecule has 0 bridgehead atoms. The lowest BCUT2D eigenvalue weighted by Gasteiger charge is -2.37. The van der Waals surface area contributed by atoms with E-state index in [2.05, 4.69) is 52.6 Å². The maximum atomic E-state index is 5.35. The zero-order valence-electron chi connectivity index (χ0n) is 18.7. The van der Waals surface area contributed by atoms with E-state index < -0.39 is 0 Å². The zero-order valence-corrected chi connectivity index (χ0v) is 21.0. The number of fused-ring (bicyclic) bond motifs is 1. The van der Waals surface area contributed by atoms with Gasteiger partial charge >= 0.3 is 0 Å². The Kier molecular flexibility index (Phi) is 8.31. The lowest BCUT2D eigenvalue weighted by molar-refractivity contribution is 0.372. The summed E-state index contributed by atoms with van der Waals surface area (Å²) in [6, 6.07) is 8.22. The third kappa shape index (κ3) is 5.31. The highest BCUT2D eigenvalue weighted by molar-refractivity contribution is 14.0. The number of nitrogens with one attached hydrogen (secondary N) is 2. The lowest BCUT2D eigenvalue weighted by Crippen LogP contribution is -2.53. The van der Waals surface area contributed by atoms with Crippen molar-refractivity contribution in [2.24, 2.45) is 12.0 Å². The van der Waals surface area contributed by atoms with Crippen LogP contribution in [0.15, 0.2) is 41.8 Å². The minimum atomic E-state index is 0. The number of hydrogen-bond acceptors (Lipinski definition) is 7. The van der Waals surface area contributed by atoms with E-state index >= 15 is 0 Å². The summed E-state index contributed by atoms with van der Waals surface area (Å²) in [6.45, 7) is 5.13. The summed E-state index contributed by atoms with van der Waals surface area (Å²) in [7, 11) is 5.40. The van der Waals surface area contributed by atoms with Crippen molar-refractivity contribution < 1.29 is 4.74 Å². The standard InChI is InChI=1S/C21H29N9O.HI/c1-22-21(24-8-7-23-19-18-14-27-28(2)20(18)26-15-25-19)30-11-9-29(10-12-30)16-5-4-6-17(13-16)31-3;/h4-6,13-15H,7-12H2,1-3H3,(H,22,24)(H,23,25,26);1H. The number of ether oxygens (including phenoxy) is 1. The van der Waals surface area contributed by atoms with Crippen LogP contribution in [0.4, 0.5) is 11.5 Å². The molecule has 2 aromatic heterocycles. The highest BCUT2D eigenvalue weighted by Crippen LogP contribution is 2.22. The second kappa shape index (κ2) is 11.2. The largest absolute Gasteiger partial charge is 0.497 e. The van der Waals surface area contributed by atoms with Crippen molar-refractivity contribution in [2.45, 2.75) is 0 Å². The summed E-state index contributed by atoms with van der Waals surface area (Å²) in [4.78, 5) is 17.7. The van der Waals surface area contributed by atoms with Crippen molar-refractivity contribution in [1.29, 1.82) is 0 Å². The van der Waals surface area contributed by atoms with Crippen LogP contribution in [-0.2, 0) is 7.05 Å². The van der Waals surface area contributed by atoms with Crippen molar-refractivity contribution in [2.75, 3.05) is 63.6 Å². The summed E-state index contributed by atoms with van der Waals surface area (Å²) < 4.78 is 7.09. The van der Waals surface area contributed by atoms with Gasteiger partial charge in [0.25, 0.3) is 0 Å². The van der Waals surface area contributed by atoms with Crippen LogP contribution in [0.1, 0.15) is 0 Å². The van der Waals surface area contributed by atoms with Gasteiger partial charge in [-0.25, -0.2) is 9.97 Å². The van der Waals surface area contributed by atoms with Gasteiger partial charge < -0.3 is 25.2 Å². The summed E-state index contributed by atoms with van der Waals surface area (Å²) in [5.74, 6) is 2.60. The van der Waals surface area contributed by atoms with Crippen LogP contribution in [0.5, 0.6) is 5.75 Å². The van der Waals surface area contributed by atoms with E-state index in [0.29, 0.717) is 6.54 Å². The number of anilines is 2. The number of aryl methyl sites for hydroxylation is 1. The second-order valence-electron chi connectivity index (χ2n) is 7.30. The van der Waals surface area contributed by atoms with Crippen LogP contribution in [0, 0.1) is 0 Å². The second-order valence-corrected chi connectivity index (χ2v) is 7.30. The van der Waals surface area contributed by atoms with E-state index in [0.717, 1.165) is 61.3 Å². The highest BCUT2D eigenvalue weighted by Gasteiger charge is 2.20. The minimum Gasteiger partial charge on any atom is -0.497 e. The Morgan fingerprint density at radius 1 is 1.16 bits per heavy atom. The molecule has 1 saturated heterocycles. The molecule has 10 nitrogen and oxygen atoms in total. The number of piperazine rings is 1. The van der Waals surface area contributed by atoms with Gasteiger partial charge in [-0.2, -0.15) is 5.10 Å². The molecule has 0 amide bonds. The topological polar surface area (TPSA) is 95.7 Å². The van der Waals surface area contributed by atoms with E-state index in [1.807, 2.05) is 26.2 Å². The predicted octanol–water partition coefficient (Wildman–Crippen LogP) is 1.80. The predicted molar refractivity (Wildman–Crippen MR) is 138 cm³/mol. The fourth-order valence-electron chi connectivity index (χ4n) is 3.77. The Morgan fingerprint density at radius 2 is 1.97 bits per heavy atom. The van der Waals surface area contributed by atoms with Gasteiger partial charge in [-0.05, 0) is 12.1 Å². The smallest absolute Gasteiger partial charge is 0.193 e. The molecule has 1 aliphatic heterocycles. The maximum Gasteiger partial charge on any atom is 0.193 e. The fourth-order valence-corrected chi connectivity index (χ4v) is 3.77. The molecule has 0 atom stereocenters. The third-order valence-electron chi connectivity index (χ3n) is 5.44. The Labute approximate surface area is 205 Å². The van der Waals surface area contributed by atoms with Crippen molar-refractivity contribution in [3.63, 3.8) is 0 Å². The zero-order chi connectivity index (χ0) is 21.6. The molecule has 172 valence electrons. The number of guanidine groups is 1. The molecule has 0 unspecified atom stereocenters. The number of nitrogens with zero attached hydrogens (tertiary/aromatic N) is 7. The van der Waals surface area contributed by atoms with Gasteiger partial charge in [0.05, 0.1) is 18.7 Å². The van der Waals surface area contributed by atoms with Gasteiger partial charge in [0.1, 0.15) is 17.9 Å². The highest BCUT2D eigenvalue weighted by atomic mass is 127. The van der Waals surface area contributed by atoms with Crippen LogP contribution in [0.2, 0.25) is 0 Å². The summed E-state index contributed by atoms with van der Waals surface area (Å²) in [5, 5.41) is 12.0. The van der Waals surface area contributed by atoms with Gasteiger partial charge in [-0.1, -0.05) is 6.07 Å². The summed E-state index contributed by atoms with van der Waals surface area (Å²) in [6.07, 6.45) is 3.34. The van der Waals surface area contributed by atoms with E-state index in [1.165, 1.54) is 5.69 Å². The molecule has 3 aromatic rings. The van der Waals surface area contributed by atoms with Crippen molar-refractivity contribution in [1.82, 2.24) is 30.0 Å². The van der Waals surface area contributed by atoms with Crippen LogP contribution >= 0.6 is 24.0 Å². The van der Waals surface area contributed by atoms with Gasteiger partial charge in [0.15, 0.2) is 11.6 Å². The average Bonchev–Trinajstić information content (AvgIpc) is 3.21. The Morgan fingerprint density at radius 3 is 2.72 bits per heavy atom. The number of aromatic nitrogens is 4. The quantitative estimate of drug-likeness (QED) is 0.207. The molecular formula is C21H30IN9O. The Bertz CT molecular complexity index is 1050. The maximum absolute atomic E-state index is 5.35. The van der Waals surface area contributed by atoms with Gasteiger partial charge in [-0.3, -0.25) is 9.67 Å². The van der Waals surface area contributed by atoms with Gasteiger partial charge in [0, 0.05) is 65.1 Å². The normalized spacial score (nSPS) is 14.3. The molecule has 11 heteroatoms. The van der Waals surface area contributed by atoms with Crippen molar-refractivity contribution in [3.8, 4) is 5.75 Å². The van der Waals surface area contributed by atoms with E-state index in [1.54, 1.807) is 24.3 Å². The van der Waals surface area contributed by atoms with Crippen LogP contribution in [0.25, 0.3) is 11.0 Å². The van der Waals surface area contributed by atoms with Gasteiger partial charge in [-0.15, -0.1) is 24.0 Å². The molecule has 1 aromatic carbocycles. The third-order valence-corrected chi connectivity index (χ3v) is 5.44. The molecule has 32 heavy (non-hydrogen) atoms. The molecule has 0 spiro atoms. The van der Waals surface area contributed by atoms with E-state index in [4.69, 9.17) is 4.74 Å². The first-order valence-corrected chi connectivity index (χ1v) is 10.4. The Hall–Kier alpha value is -2.83. The molecule has 4 rings (SSSR count). The fraction of sp³-hybridized carbons (Fsp3) is 0.429. The number of halogens is 1. The van der Waals surface area contributed by atoms with E-state index in [9.17, 15) is 0 Å². The summed E-state index contributed by atoms with van der Waals surface area (Å²) >= 11 is 0. The van der Waals surface area contributed by atoms with Crippen LogP contribution in [0.3, 0.4) is 0 Å². The molecule has 1 fully saturated rings. The first kappa shape index (κ1) is 23.8. The molecular weight excluding hydrogens is 521 g/mol. The number of methoxy groups -OCH3 is 1. The summed E-state index contributed by atoms with van der Waals surface area (Å²) in [5.41, 5.74) is 2.01. The Balaban J connectivity index is 0.00000289. The lowest BCUT2D eigenvalue weighted by atomic mass is 10.2. The molecule has 1 aliphatic rings. The first-order valence-electron chi connectivity index (χ1n) is 10.4. The number of rotatable bonds is 6. The number of benzene rings is 1.